The van der Waals surface area contributed by atoms with E-state index < -0.39 is 0 Å². The zero-order valence-corrected chi connectivity index (χ0v) is 11.5. The Balaban J connectivity index is 2.56. The summed E-state index contributed by atoms with van der Waals surface area (Å²) in [6.07, 6.45) is 2.07. The van der Waals surface area contributed by atoms with Crippen LogP contribution in [0, 0.1) is 11.8 Å². The summed E-state index contributed by atoms with van der Waals surface area (Å²) in [5, 5.41) is 9.30. The van der Waals surface area contributed by atoms with Crippen LogP contribution in [0.1, 0.15) is 26.7 Å². The van der Waals surface area contributed by atoms with E-state index in [9.17, 15) is 9.90 Å². The smallest absolute Gasteiger partial charge is 0.228 e. The van der Waals surface area contributed by atoms with Crippen molar-refractivity contribution in [2.24, 2.45) is 11.8 Å². The summed E-state index contributed by atoms with van der Waals surface area (Å²) in [5.41, 5.74) is 0. The van der Waals surface area contributed by atoms with E-state index in [-0.39, 0.29) is 24.3 Å². The van der Waals surface area contributed by atoms with E-state index in [1.54, 1.807) is 0 Å². The number of aliphatic hydroxyl groups excluding tert-OH is 1. The van der Waals surface area contributed by atoms with Gasteiger partial charge in [-0.15, -0.1) is 0 Å². The van der Waals surface area contributed by atoms with Crippen LogP contribution >= 0.6 is 0 Å². The lowest BCUT2D eigenvalue weighted by atomic mass is 9.93. The van der Waals surface area contributed by atoms with Gasteiger partial charge in [-0.05, 0) is 38.9 Å². The zero-order chi connectivity index (χ0) is 13.0. The Morgan fingerprint density at radius 1 is 1.41 bits per heavy atom. The molecule has 0 aromatic rings. The van der Waals surface area contributed by atoms with E-state index in [2.05, 4.69) is 11.9 Å². The molecule has 1 amide bonds. The summed E-state index contributed by atoms with van der Waals surface area (Å²) in [6, 6.07) is 0.339. The van der Waals surface area contributed by atoms with Crippen LogP contribution in [0.25, 0.3) is 0 Å². The van der Waals surface area contributed by atoms with Gasteiger partial charge in [-0.2, -0.15) is 0 Å². The minimum Gasteiger partial charge on any atom is -0.396 e. The van der Waals surface area contributed by atoms with Gasteiger partial charge in [-0.3, -0.25) is 4.79 Å². The van der Waals surface area contributed by atoms with Crippen molar-refractivity contribution in [3.63, 3.8) is 0 Å². The average Bonchev–Trinajstić information content (AvgIpc) is 2.29. The van der Waals surface area contributed by atoms with Crippen LogP contribution in [-0.2, 0) is 4.79 Å². The maximum Gasteiger partial charge on any atom is 0.228 e. The first-order valence-electron chi connectivity index (χ1n) is 6.53. The summed E-state index contributed by atoms with van der Waals surface area (Å²) in [5.74, 6) is 0.0397. The van der Waals surface area contributed by atoms with Gasteiger partial charge in [0.25, 0.3) is 0 Å². The SMILES string of the molecule is CC(C)C(CO)C(=O)N(C)C1CCN(C)CC1. The van der Waals surface area contributed by atoms with Gasteiger partial charge in [-0.1, -0.05) is 13.8 Å². The maximum atomic E-state index is 12.2. The number of hydrogen-bond donors (Lipinski definition) is 1. The largest absolute Gasteiger partial charge is 0.396 e. The monoisotopic (exact) mass is 242 g/mol. The number of nitrogens with zero attached hydrogens (tertiary/aromatic N) is 2. The summed E-state index contributed by atoms with van der Waals surface area (Å²) in [7, 11) is 3.99. The molecule has 0 aliphatic carbocycles. The molecule has 1 saturated heterocycles. The van der Waals surface area contributed by atoms with Gasteiger partial charge in [-0.25, -0.2) is 0 Å². The second-order valence-corrected chi connectivity index (χ2v) is 5.52. The van der Waals surface area contributed by atoms with Crippen LogP contribution < -0.4 is 0 Å². The van der Waals surface area contributed by atoms with E-state index in [1.165, 1.54) is 0 Å². The molecule has 4 nitrogen and oxygen atoms in total. The second-order valence-electron chi connectivity index (χ2n) is 5.52. The molecular weight excluding hydrogens is 216 g/mol. The van der Waals surface area contributed by atoms with Gasteiger partial charge in [0.1, 0.15) is 0 Å². The quantitative estimate of drug-likeness (QED) is 0.793. The Labute approximate surface area is 105 Å². The van der Waals surface area contributed by atoms with Crippen LogP contribution in [0.3, 0.4) is 0 Å². The topological polar surface area (TPSA) is 43.8 Å². The zero-order valence-electron chi connectivity index (χ0n) is 11.5. The highest BCUT2D eigenvalue weighted by Gasteiger charge is 2.29. The molecule has 4 heteroatoms. The average molecular weight is 242 g/mol. The number of piperidine rings is 1. The standard InChI is InChI=1S/C13H26N2O2/c1-10(2)12(9-16)13(17)15(4)11-5-7-14(3)8-6-11/h10-12,16H,5-9H2,1-4H3. The fraction of sp³-hybridized carbons (Fsp3) is 0.923. The molecule has 1 aliphatic rings. The maximum absolute atomic E-state index is 12.2. The number of carbonyl (C=O) groups is 1. The fourth-order valence-electron chi connectivity index (χ4n) is 2.40. The Morgan fingerprint density at radius 2 is 1.94 bits per heavy atom. The van der Waals surface area contributed by atoms with Crippen molar-refractivity contribution in [3.8, 4) is 0 Å². The van der Waals surface area contributed by atoms with Gasteiger partial charge in [0.05, 0.1) is 12.5 Å². The molecule has 0 bridgehead atoms. The molecule has 0 aromatic carbocycles. The third-order valence-corrected chi connectivity index (χ3v) is 3.90. The molecule has 1 N–H and O–H groups in total. The van der Waals surface area contributed by atoms with Crippen molar-refractivity contribution < 1.29 is 9.90 Å². The highest BCUT2D eigenvalue weighted by Crippen LogP contribution is 2.19. The van der Waals surface area contributed by atoms with Gasteiger partial charge >= 0.3 is 0 Å². The van der Waals surface area contributed by atoms with Gasteiger partial charge in [0, 0.05) is 13.1 Å². The summed E-state index contributed by atoms with van der Waals surface area (Å²) >= 11 is 0. The molecule has 1 heterocycles. The first kappa shape index (κ1) is 14.5. The van der Waals surface area contributed by atoms with Crippen LogP contribution in [0.2, 0.25) is 0 Å². The van der Waals surface area contributed by atoms with Crippen molar-refractivity contribution in [1.82, 2.24) is 9.80 Å². The third-order valence-electron chi connectivity index (χ3n) is 3.90. The van der Waals surface area contributed by atoms with Crippen molar-refractivity contribution in [3.05, 3.63) is 0 Å². The Hall–Kier alpha value is -0.610. The van der Waals surface area contributed by atoms with E-state index in [0.717, 1.165) is 25.9 Å². The predicted octanol–water partition coefficient (Wildman–Crippen LogP) is 0.803. The molecule has 0 saturated carbocycles. The predicted molar refractivity (Wildman–Crippen MR) is 68.7 cm³/mol. The number of carbonyl (C=O) groups excluding carboxylic acids is 1. The molecule has 0 radical (unpaired) electrons. The number of rotatable bonds is 4. The van der Waals surface area contributed by atoms with Crippen molar-refractivity contribution in [2.75, 3.05) is 33.8 Å². The Kier molecular flexibility index (Phi) is 5.40. The summed E-state index contributed by atoms with van der Waals surface area (Å²) in [6.45, 7) is 6.03. The van der Waals surface area contributed by atoms with Crippen molar-refractivity contribution >= 4 is 5.91 Å². The Bertz CT molecular complexity index is 248. The van der Waals surface area contributed by atoms with Crippen molar-refractivity contribution in [1.29, 1.82) is 0 Å². The highest BCUT2D eigenvalue weighted by atomic mass is 16.3. The summed E-state index contributed by atoms with van der Waals surface area (Å²) in [4.78, 5) is 16.4. The fourth-order valence-corrected chi connectivity index (χ4v) is 2.40. The molecule has 1 atom stereocenters. The van der Waals surface area contributed by atoms with Crippen LogP contribution in [0.5, 0.6) is 0 Å². The Morgan fingerprint density at radius 3 is 2.35 bits per heavy atom. The molecule has 1 aliphatic heterocycles. The molecule has 0 spiro atoms. The number of aliphatic hydroxyl groups is 1. The molecule has 0 aromatic heterocycles. The minimum atomic E-state index is -0.250. The first-order valence-corrected chi connectivity index (χ1v) is 6.53. The lowest BCUT2D eigenvalue weighted by Crippen LogP contribution is -2.47. The molecular formula is C13H26N2O2. The summed E-state index contributed by atoms with van der Waals surface area (Å²) < 4.78 is 0. The van der Waals surface area contributed by atoms with Gasteiger partial charge < -0.3 is 14.9 Å². The highest BCUT2D eigenvalue weighted by molar-refractivity contribution is 5.79. The molecule has 1 rings (SSSR count). The lowest BCUT2D eigenvalue weighted by Gasteiger charge is -2.37. The number of likely N-dealkylation sites (tertiary alicyclic amines) is 1. The molecule has 17 heavy (non-hydrogen) atoms. The first-order chi connectivity index (χ1) is 7.97. The number of hydrogen-bond acceptors (Lipinski definition) is 3. The normalized spacial score (nSPS) is 20.6. The number of amides is 1. The lowest BCUT2D eigenvalue weighted by molar-refractivity contribution is -0.140. The van der Waals surface area contributed by atoms with E-state index in [1.807, 2.05) is 25.8 Å². The second kappa shape index (κ2) is 6.36. The van der Waals surface area contributed by atoms with Crippen LogP contribution in [-0.4, -0.2) is 60.6 Å². The molecule has 1 unspecified atom stereocenters. The van der Waals surface area contributed by atoms with Crippen molar-refractivity contribution in [2.45, 2.75) is 32.7 Å². The van der Waals surface area contributed by atoms with E-state index in [4.69, 9.17) is 0 Å². The van der Waals surface area contributed by atoms with E-state index in [0.29, 0.717) is 6.04 Å². The molecule has 1 fully saturated rings. The van der Waals surface area contributed by atoms with E-state index >= 15 is 0 Å². The van der Waals surface area contributed by atoms with Gasteiger partial charge in [0.15, 0.2) is 0 Å². The van der Waals surface area contributed by atoms with Gasteiger partial charge in [0.2, 0.25) is 5.91 Å². The van der Waals surface area contributed by atoms with Crippen LogP contribution in [0.15, 0.2) is 0 Å². The molecule has 100 valence electrons. The van der Waals surface area contributed by atoms with Crippen LogP contribution in [0.4, 0.5) is 0 Å². The minimum absolute atomic E-state index is 0.0482. The third kappa shape index (κ3) is 3.68.